The van der Waals surface area contributed by atoms with Gasteiger partial charge in [0.25, 0.3) is 0 Å². The van der Waals surface area contributed by atoms with Gasteiger partial charge >= 0.3 is 0 Å². The van der Waals surface area contributed by atoms with Gasteiger partial charge in [-0.15, -0.1) is 0 Å². The van der Waals surface area contributed by atoms with Crippen molar-refractivity contribution < 1.29 is 19.1 Å². The van der Waals surface area contributed by atoms with Crippen molar-refractivity contribution in [3.05, 3.63) is 52.0 Å². The summed E-state index contributed by atoms with van der Waals surface area (Å²) < 4.78 is 15.9. The SMILES string of the molecule is CC(C)(C)C[C@@H]1N[C@@H](C(=O)NC2CCC(O)CC2)[C@H](C2C=CC=C(Cl)C2F)[C@]12C(=O)Nc1cc(Cl)ccc12. The summed E-state index contributed by atoms with van der Waals surface area (Å²) in [5.41, 5.74) is -0.0930. The van der Waals surface area contributed by atoms with Crippen LogP contribution in [0.5, 0.6) is 0 Å². The van der Waals surface area contributed by atoms with Crippen molar-refractivity contribution >= 4 is 40.7 Å². The first-order valence-electron chi connectivity index (χ1n) is 13.5. The molecule has 4 aliphatic rings. The second-order valence-corrected chi connectivity index (χ2v) is 13.3. The Kier molecular flexibility index (Phi) is 7.44. The quantitative estimate of drug-likeness (QED) is 0.415. The van der Waals surface area contributed by atoms with Crippen LogP contribution in [0, 0.1) is 17.3 Å². The van der Waals surface area contributed by atoms with Crippen LogP contribution in [0.1, 0.15) is 58.4 Å². The molecule has 2 heterocycles. The molecule has 1 saturated carbocycles. The van der Waals surface area contributed by atoms with Crippen molar-refractivity contribution in [1.82, 2.24) is 10.6 Å². The van der Waals surface area contributed by atoms with E-state index in [0.717, 1.165) is 5.56 Å². The number of hydrogen-bond donors (Lipinski definition) is 4. The number of benzene rings is 1. The smallest absolute Gasteiger partial charge is 0.237 e. The lowest BCUT2D eigenvalue weighted by Crippen LogP contribution is -2.54. The van der Waals surface area contributed by atoms with Crippen LogP contribution in [0.4, 0.5) is 10.1 Å². The normalized spacial score (nSPS) is 36.7. The molecular weight excluding hydrogens is 528 g/mol. The van der Waals surface area contributed by atoms with Gasteiger partial charge in [0.05, 0.1) is 22.6 Å². The van der Waals surface area contributed by atoms with Crippen LogP contribution in [0.3, 0.4) is 0 Å². The zero-order valence-electron chi connectivity index (χ0n) is 21.9. The highest BCUT2D eigenvalue weighted by Gasteiger charge is 2.67. The Morgan fingerprint density at radius 3 is 2.61 bits per heavy atom. The molecular formula is C29H36Cl2FN3O3. The van der Waals surface area contributed by atoms with Crippen LogP contribution in [-0.4, -0.2) is 47.3 Å². The summed E-state index contributed by atoms with van der Waals surface area (Å²) in [5.74, 6) is -2.07. The highest BCUT2D eigenvalue weighted by atomic mass is 35.5. The van der Waals surface area contributed by atoms with Gasteiger partial charge in [0.2, 0.25) is 11.8 Å². The van der Waals surface area contributed by atoms with Gasteiger partial charge in [-0.2, -0.15) is 0 Å². The maximum atomic E-state index is 15.9. The monoisotopic (exact) mass is 563 g/mol. The number of anilines is 1. The van der Waals surface area contributed by atoms with Crippen molar-refractivity contribution in [1.29, 1.82) is 0 Å². The second kappa shape index (κ2) is 10.2. The van der Waals surface area contributed by atoms with Crippen LogP contribution < -0.4 is 16.0 Å². The Bertz CT molecular complexity index is 1170. The van der Waals surface area contributed by atoms with Gasteiger partial charge in [-0.3, -0.25) is 9.59 Å². The van der Waals surface area contributed by atoms with Gasteiger partial charge in [0.15, 0.2) is 0 Å². The first-order valence-corrected chi connectivity index (χ1v) is 14.2. The fourth-order valence-corrected chi connectivity index (χ4v) is 7.40. The number of aliphatic hydroxyl groups excluding tert-OH is 1. The van der Waals surface area contributed by atoms with Crippen molar-refractivity contribution in [3.63, 3.8) is 0 Å². The van der Waals surface area contributed by atoms with Crippen molar-refractivity contribution in [2.24, 2.45) is 17.3 Å². The van der Waals surface area contributed by atoms with Gasteiger partial charge in [-0.1, -0.05) is 62.2 Å². The number of carbonyl (C=O) groups excluding carboxylic acids is 2. The summed E-state index contributed by atoms with van der Waals surface area (Å²) in [6.07, 6.45) is 6.24. The molecule has 4 N–H and O–H groups in total. The van der Waals surface area contributed by atoms with Crippen LogP contribution >= 0.6 is 23.2 Å². The molecule has 5 rings (SSSR count). The van der Waals surface area contributed by atoms with Crippen molar-refractivity contribution in [3.8, 4) is 0 Å². The number of rotatable bonds is 4. The number of hydrogen-bond acceptors (Lipinski definition) is 4. The predicted octanol–water partition coefficient (Wildman–Crippen LogP) is 4.99. The van der Waals surface area contributed by atoms with Crippen LogP contribution in [0.25, 0.3) is 0 Å². The molecule has 2 aliphatic carbocycles. The molecule has 2 unspecified atom stereocenters. The lowest BCUT2D eigenvalue weighted by atomic mass is 9.59. The molecule has 6 atom stereocenters. The molecule has 1 aromatic rings. The van der Waals surface area contributed by atoms with Crippen molar-refractivity contribution in [2.75, 3.05) is 5.32 Å². The number of aliphatic hydroxyl groups is 1. The average molecular weight is 565 g/mol. The van der Waals surface area contributed by atoms with Gasteiger partial charge in [0, 0.05) is 34.6 Å². The van der Waals surface area contributed by atoms with Gasteiger partial charge in [-0.25, -0.2) is 4.39 Å². The van der Waals surface area contributed by atoms with E-state index in [1.807, 2.05) is 6.07 Å². The lowest BCUT2D eigenvalue weighted by molar-refractivity contribution is -0.127. The summed E-state index contributed by atoms with van der Waals surface area (Å²) in [7, 11) is 0. The van der Waals surface area contributed by atoms with E-state index in [2.05, 4.69) is 36.7 Å². The Morgan fingerprint density at radius 2 is 1.92 bits per heavy atom. The first kappa shape index (κ1) is 27.6. The number of nitrogens with one attached hydrogen (secondary N) is 3. The number of alkyl halides is 1. The number of carbonyl (C=O) groups is 2. The third kappa shape index (κ3) is 4.80. The minimum atomic E-state index is -1.55. The van der Waals surface area contributed by atoms with Crippen LogP contribution in [0.2, 0.25) is 5.02 Å². The average Bonchev–Trinajstić information content (AvgIpc) is 3.31. The minimum absolute atomic E-state index is 0.0575. The first-order chi connectivity index (χ1) is 17.9. The largest absolute Gasteiger partial charge is 0.393 e. The Hall–Kier alpha value is -1.93. The van der Waals surface area contributed by atoms with E-state index in [-0.39, 0.29) is 34.4 Å². The summed E-state index contributed by atoms with van der Waals surface area (Å²) in [4.78, 5) is 28.1. The molecule has 2 amide bonds. The maximum Gasteiger partial charge on any atom is 0.237 e. The minimum Gasteiger partial charge on any atom is -0.393 e. The van der Waals surface area contributed by atoms with E-state index >= 15 is 4.39 Å². The summed E-state index contributed by atoms with van der Waals surface area (Å²) in [6.45, 7) is 6.27. The maximum absolute atomic E-state index is 15.9. The molecule has 0 radical (unpaired) electrons. The molecule has 38 heavy (non-hydrogen) atoms. The number of halogens is 3. The molecule has 1 saturated heterocycles. The standard InChI is InChI=1S/C29H36Cl2FN3O3/c1-28(2,3)14-22-29(19-12-7-15(30)13-21(19)34-27(29)38)23(18-5-4-6-20(31)24(18)32)25(35-22)26(37)33-16-8-10-17(36)11-9-16/h4-7,12-13,16-18,22-25,35-36H,8-11,14H2,1-3H3,(H,33,37)(H,34,38)/t16?,17?,18?,22-,23-,24?,25+,29+/m0/s1. The fourth-order valence-electron chi connectivity index (χ4n) is 7.01. The zero-order valence-corrected chi connectivity index (χ0v) is 23.5. The van der Waals surface area contributed by atoms with E-state index in [1.54, 1.807) is 24.3 Å². The van der Waals surface area contributed by atoms with E-state index in [9.17, 15) is 14.7 Å². The third-order valence-electron chi connectivity index (χ3n) is 8.61. The van der Waals surface area contributed by atoms with Crippen molar-refractivity contribution in [2.45, 2.75) is 88.7 Å². The molecule has 2 aliphatic heterocycles. The second-order valence-electron chi connectivity index (χ2n) is 12.4. The van der Waals surface area contributed by atoms with Crippen LogP contribution in [0.15, 0.2) is 41.5 Å². The Labute approximate surface area is 233 Å². The van der Waals surface area contributed by atoms with Gasteiger partial charge < -0.3 is 21.1 Å². The molecule has 9 heteroatoms. The molecule has 2 fully saturated rings. The summed E-state index contributed by atoms with van der Waals surface area (Å²) in [6, 6.07) is 3.93. The van der Waals surface area contributed by atoms with E-state index < -0.39 is 35.5 Å². The third-order valence-corrected chi connectivity index (χ3v) is 9.18. The fraction of sp³-hybridized carbons (Fsp3) is 0.586. The summed E-state index contributed by atoms with van der Waals surface area (Å²) in [5, 5.41) is 20.2. The number of fused-ring (bicyclic) bond motifs is 2. The van der Waals surface area contributed by atoms with E-state index in [0.29, 0.717) is 42.8 Å². The zero-order chi connectivity index (χ0) is 27.4. The van der Waals surface area contributed by atoms with E-state index in [4.69, 9.17) is 23.2 Å². The Morgan fingerprint density at radius 1 is 1.21 bits per heavy atom. The topological polar surface area (TPSA) is 90.5 Å². The van der Waals surface area contributed by atoms with E-state index in [1.165, 1.54) is 6.08 Å². The molecule has 0 bridgehead atoms. The molecule has 206 valence electrons. The lowest BCUT2D eigenvalue weighted by Gasteiger charge is -2.41. The predicted molar refractivity (Wildman–Crippen MR) is 148 cm³/mol. The molecule has 6 nitrogen and oxygen atoms in total. The number of allylic oxidation sites excluding steroid dienone is 4. The summed E-state index contributed by atoms with van der Waals surface area (Å²) >= 11 is 12.6. The highest BCUT2D eigenvalue weighted by molar-refractivity contribution is 6.31. The van der Waals surface area contributed by atoms with Gasteiger partial charge in [0.1, 0.15) is 6.17 Å². The van der Waals surface area contributed by atoms with Gasteiger partial charge in [-0.05, 0) is 61.3 Å². The molecule has 0 aromatic heterocycles. The van der Waals surface area contributed by atoms with Crippen LogP contribution in [-0.2, 0) is 15.0 Å². The molecule has 1 spiro atoms. The Balaban J connectivity index is 1.63. The molecule has 1 aromatic carbocycles. The highest BCUT2D eigenvalue weighted by Crippen LogP contribution is 2.56. The number of amides is 2.